The highest BCUT2D eigenvalue weighted by atomic mass is 16.2. The van der Waals surface area contributed by atoms with Crippen molar-refractivity contribution < 1.29 is 9.59 Å². The van der Waals surface area contributed by atoms with Gasteiger partial charge in [0.05, 0.1) is 12.4 Å². The Labute approximate surface area is 203 Å². The second-order valence-corrected chi connectivity index (χ2v) is 10.5. The maximum atomic E-state index is 11.9. The Kier molecular flexibility index (Phi) is 9.72. The first kappa shape index (κ1) is 27.0. The molecule has 182 valence electrons. The monoisotopic (exact) mass is 462 g/mol. The van der Waals surface area contributed by atoms with Crippen molar-refractivity contribution in [2.75, 3.05) is 0 Å². The van der Waals surface area contributed by atoms with Crippen molar-refractivity contribution in [3.05, 3.63) is 70.8 Å². The van der Waals surface area contributed by atoms with Gasteiger partial charge in [-0.25, -0.2) is 10.9 Å². The van der Waals surface area contributed by atoms with Crippen LogP contribution in [0.4, 0.5) is 0 Å². The molecule has 0 aliphatic rings. The van der Waals surface area contributed by atoms with Crippen LogP contribution in [0.1, 0.15) is 89.5 Å². The first-order valence-corrected chi connectivity index (χ1v) is 11.8. The maximum Gasteiger partial charge on any atom is 0.240 e. The summed E-state index contributed by atoms with van der Waals surface area (Å²) >= 11 is 0. The van der Waals surface area contributed by atoms with E-state index in [0.717, 1.165) is 11.1 Å². The Morgan fingerprint density at radius 3 is 1.26 bits per heavy atom. The van der Waals surface area contributed by atoms with Crippen molar-refractivity contribution in [3.8, 4) is 0 Å². The van der Waals surface area contributed by atoms with Crippen molar-refractivity contribution in [1.82, 2.24) is 10.9 Å². The molecule has 0 unspecified atom stereocenters. The highest BCUT2D eigenvalue weighted by Gasteiger charge is 2.13. The molecule has 6 heteroatoms. The molecule has 0 radical (unpaired) electrons. The van der Waals surface area contributed by atoms with E-state index in [4.69, 9.17) is 0 Å². The molecule has 0 saturated heterocycles. The largest absolute Gasteiger partial charge is 0.273 e. The SMILES string of the molecule is CC(C)(C)c1ccc(/C=N/NC(=O)CCCCC(=O)N/N=C/c2ccc(C(C)(C)C)cc2)cc1. The number of nitrogens with one attached hydrogen (secondary N) is 2. The molecule has 0 heterocycles. The predicted molar refractivity (Wildman–Crippen MR) is 140 cm³/mol. The van der Waals surface area contributed by atoms with E-state index in [1.54, 1.807) is 12.4 Å². The molecule has 0 atom stereocenters. The summed E-state index contributed by atoms with van der Waals surface area (Å²) in [6.07, 6.45) is 5.10. The van der Waals surface area contributed by atoms with Crippen molar-refractivity contribution in [2.45, 2.75) is 78.1 Å². The van der Waals surface area contributed by atoms with Gasteiger partial charge in [-0.2, -0.15) is 10.2 Å². The van der Waals surface area contributed by atoms with E-state index in [9.17, 15) is 9.59 Å². The van der Waals surface area contributed by atoms with E-state index in [0.29, 0.717) is 25.7 Å². The van der Waals surface area contributed by atoms with Gasteiger partial charge in [0.25, 0.3) is 0 Å². The van der Waals surface area contributed by atoms with Crippen LogP contribution in [-0.2, 0) is 20.4 Å². The van der Waals surface area contributed by atoms with Crippen molar-refractivity contribution >= 4 is 24.2 Å². The van der Waals surface area contributed by atoms with Gasteiger partial charge in [0, 0.05) is 12.8 Å². The first-order chi connectivity index (χ1) is 15.9. The lowest BCUT2D eigenvalue weighted by atomic mass is 9.87. The minimum absolute atomic E-state index is 0.103. The summed E-state index contributed by atoms with van der Waals surface area (Å²) in [6.45, 7) is 13.0. The zero-order chi connectivity index (χ0) is 25.2. The molecule has 34 heavy (non-hydrogen) atoms. The third-order valence-corrected chi connectivity index (χ3v) is 5.42. The molecule has 2 aromatic carbocycles. The summed E-state index contributed by atoms with van der Waals surface area (Å²) in [6, 6.07) is 16.2. The van der Waals surface area contributed by atoms with Gasteiger partial charge in [-0.05, 0) is 45.9 Å². The summed E-state index contributed by atoms with van der Waals surface area (Å²) in [5, 5.41) is 8.02. The van der Waals surface area contributed by atoms with Crippen LogP contribution in [0.15, 0.2) is 58.7 Å². The first-order valence-electron chi connectivity index (χ1n) is 11.8. The summed E-state index contributed by atoms with van der Waals surface area (Å²) in [5.74, 6) is -0.334. The Morgan fingerprint density at radius 2 is 0.971 bits per heavy atom. The van der Waals surface area contributed by atoms with E-state index in [2.05, 4.69) is 86.9 Å². The van der Waals surface area contributed by atoms with Crippen LogP contribution < -0.4 is 10.9 Å². The summed E-state index contributed by atoms with van der Waals surface area (Å²) in [7, 11) is 0. The molecule has 0 fully saturated rings. The molecular formula is C28H38N4O2. The molecule has 0 aliphatic carbocycles. The van der Waals surface area contributed by atoms with E-state index in [1.807, 2.05) is 24.3 Å². The summed E-state index contributed by atoms with van der Waals surface area (Å²) < 4.78 is 0. The van der Waals surface area contributed by atoms with Crippen LogP contribution in [0.2, 0.25) is 0 Å². The zero-order valence-electron chi connectivity index (χ0n) is 21.3. The summed E-state index contributed by atoms with van der Waals surface area (Å²) in [5.41, 5.74) is 9.63. The van der Waals surface area contributed by atoms with E-state index < -0.39 is 0 Å². The van der Waals surface area contributed by atoms with Crippen molar-refractivity contribution in [1.29, 1.82) is 0 Å². The highest BCUT2D eigenvalue weighted by molar-refractivity contribution is 5.83. The molecule has 0 aromatic heterocycles. The van der Waals surface area contributed by atoms with Crippen LogP contribution in [0.25, 0.3) is 0 Å². The number of amides is 2. The molecule has 2 N–H and O–H groups in total. The van der Waals surface area contributed by atoms with Crippen molar-refractivity contribution in [2.24, 2.45) is 10.2 Å². The van der Waals surface area contributed by atoms with Gasteiger partial charge in [0.1, 0.15) is 0 Å². The average Bonchev–Trinajstić information content (AvgIpc) is 2.76. The fraction of sp³-hybridized carbons (Fsp3) is 0.429. The van der Waals surface area contributed by atoms with E-state index in [-0.39, 0.29) is 22.6 Å². The predicted octanol–water partition coefficient (Wildman–Crippen LogP) is 5.44. The Hall–Kier alpha value is -3.28. The number of hydrogen-bond donors (Lipinski definition) is 2. The van der Waals surface area contributed by atoms with Crippen LogP contribution in [0, 0.1) is 0 Å². The lowest BCUT2D eigenvalue weighted by Crippen LogP contribution is -2.19. The number of carbonyl (C=O) groups excluding carboxylic acids is 2. The molecule has 2 aromatic rings. The Morgan fingerprint density at radius 1 is 0.647 bits per heavy atom. The van der Waals surface area contributed by atoms with Gasteiger partial charge in [-0.3, -0.25) is 9.59 Å². The number of unbranched alkanes of at least 4 members (excludes halogenated alkanes) is 1. The second kappa shape index (κ2) is 12.3. The van der Waals surface area contributed by atoms with Crippen LogP contribution in [-0.4, -0.2) is 24.2 Å². The minimum atomic E-state index is -0.167. The number of rotatable bonds is 9. The summed E-state index contributed by atoms with van der Waals surface area (Å²) in [4.78, 5) is 23.9. The molecule has 0 bridgehead atoms. The highest BCUT2D eigenvalue weighted by Crippen LogP contribution is 2.22. The van der Waals surface area contributed by atoms with Crippen LogP contribution in [0.3, 0.4) is 0 Å². The zero-order valence-corrected chi connectivity index (χ0v) is 21.3. The molecule has 2 amide bonds. The molecule has 0 aliphatic heterocycles. The van der Waals surface area contributed by atoms with Gasteiger partial charge in [0.2, 0.25) is 11.8 Å². The third-order valence-electron chi connectivity index (χ3n) is 5.42. The molecule has 0 spiro atoms. The number of hydrazone groups is 2. The maximum absolute atomic E-state index is 11.9. The van der Waals surface area contributed by atoms with E-state index in [1.165, 1.54) is 11.1 Å². The molecule has 6 nitrogen and oxygen atoms in total. The normalized spacial score (nSPS) is 12.3. The van der Waals surface area contributed by atoms with Gasteiger partial charge in [-0.1, -0.05) is 90.1 Å². The Balaban J connectivity index is 1.62. The molecule has 2 rings (SSSR count). The fourth-order valence-electron chi connectivity index (χ4n) is 3.18. The van der Waals surface area contributed by atoms with Crippen LogP contribution >= 0.6 is 0 Å². The lowest BCUT2D eigenvalue weighted by Gasteiger charge is -2.18. The molecular weight excluding hydrogens is 424 g/mol. The number of benzene rings is 2. The van der Waals surface area contributed by atoms with Gasteiger partial charge < -0.3 is 0 Å². The smallest absolute Gasteiger partial charge is 0.240 e. The van der Waals surface area contributed by atoms with Gasteiger partial charge in [-0.15, -0.1) is 0 Å². The standard InChI is InChI=1S/C28H38N4O2/c1-27(2,3)23-15-11-21(12-16-23)19-29-31-25(33)9-7-8-10-26(34)32-30-20-22-13-17-24(18-14-22)28(4,5)6/h11-20H,7-10H2,1-6H3,(H,31,33)(H,32,34)/b29-19+,30-20+. The quantitative estimate of drug-likeness (QED) is 0.295. The van der Waals surface area contributed by atoms with Crippen LogP contribution in [0.5, 0.6) is 0 Å². The number of carbonyl (C=O) groups is 2. The minimum Gasteiger partial charge on any atom is -0.273 e. The molecule has 0 saturated carbocycles. The number of nitrogens with zero attached hydrogens (tertiary/aromatic N) is 2. The number of hydrogen-bond acceptors (Lipinski definition) is 4. The Bertz CT molecular complexity index is 909. The lowest BCUT2D eigenvalue weighted by molar-refractivity contribution is -0.123. The average molecular weight is 463 g/mol. The van der Waals surface area contributed by atoms with Crippen molar-refractivity contribution in [3.63, 3.8) is 0 Å². The van der Waals surface area contributed by atoms with E-state index >= 15 is 0 Å². The van der Waals surface area contributed by atoms with Gasteiger partial charge in [0.15, 0.2) is 0 Å². The fourth-order valence-corrected chi connectivity index (χ4v) is 3.18. The topological polar surface area (TPSA) is 82.9 Å². The second-order valence-electron chi connectivity index (χ2n) is 10.5. The van der Waals surface area contributed by atoms with Gasteiger partial charge >= 0.3 is 0 Å². The third kappa shape index (κ3) is 9.69.